The van der Waals surface area contributed by atoms with Crippen molar-refractivity contribution in [2.24, 2.45) is 5.92 Å². The Morgan fingerprint density at radius 2 is 2.08 bits per heavy atom. The van der Waals surface area contributed by atoms with Gasteiger partial charge in [0.25, 0.3) is 5.91 Å². The van der Waals surface area contributed by atoms with Gasteiger partial charge in [-0.2, -0.15) is 0 Å². The molecule has 126 valence electrons. The van der Waals surface area contributed by atoms with E-state index in [0.29, 0.717) is 23.7 Å². The van der Waals surface area contributed by atoms with Crippen molar-refractivity contribution in [2.45, 2.75) is 18.4 Å². The van der Waals surface area contributed by atoms with Gasteiger partial charge in [-0.15, -0.1) is 0 Å². The molecule has 7 heteroatoms. The number of hydrogen-bond acceptors (Lipinski definition) is 4. The second-order valence-electron chi connectivity index (χ2n) is 6.54. The molecule has 0 bridgehead atoms. The molecule has 0 spiro atoms. The van der Waals surface area contributed by atoms with E-state index >= 15 is 0 Å². The van der Waals surface area contributed by atoms with Crippen LogP contribution in [0.5, 0.6) is 0 Å². The van der Waals surface area contributed by atoms with Crippen LogP contribution in [0, 0.1) is 5.92 Å². The number of nitrogens with one attached hydrogen (secondary N) is 1. The van der Waals surface area contributed by atoms with E-state index in [-0.39, 0.29) is 23.0 Å². The molecule has 0 aromatic heterocycles. The van der Waals surface area contributed by atoms with E-state index in [1.165, 1.54) is 29.3 Å². The predicted molar refractivity (Wildman–Crippen MR) is 94.3 cm³/mol. The van der Waals surface area contributed by atoms with Crippen molar-refractivity contribution in [3.8, 4) is 0 Å². The molecule has 3 N–H and O–H groups in total. The Balaban J connectivity index is 1.51. The van der Waals surface area contributed by atoms with Crippen molar-refractivity contribution in [1.29, 1.82) is 0 Å². The molecule has 2 aliphatic rings. The summed E-state index contributed by atoms with van der Waals surface area (Å²) in [6.07, 6.45) is 1.37. The highest BCUT2D eigenvalue weighted by Crippen LogP contribution is 2.57. The van der Waals surface area contributed by atoms with E-state index in [1.807, 2.05) is 12.1 Å². The Labute approximate surface area is 149 Å². The Morgan fingerprint density at radius 1 is 1.28 bits per heavy atom. The van der Waals surface area contributed by atoms with E-state index in [4.69, 9.17) is 11.6 Å². The van der Waals surface area contributed by atoms with Crippen molar-refractivity contribution in [1.82, 2.24) is 5.32 Å². The second kappa shape index (κ2) is 5.98. The van der Waals surface area contributed by atoms with Crippen LogP contribution in [0.15, 0.2) is 36.4 Å². The summed E-state index contributed by atoms with van der Waals surface area (Å²) >= 11 is 6.22. The summed E-state index contributed by atoms with van der Waals surface area (Å²) in [6, 6.07) is 10.2. The summed E-state index contributed by atoms with van der Waals surface area (Å²) in [5.41, 5.74) is 2.88. The van der Waals surface area contributed by atoms with Crippen molar-refractivity contribution in [3.05, 3.63) is 63.7 Å². The van der Waals surface area contributed by atoms with Gasteiger partial charge < -0.3 is 15.4 Å². The first kappa shape index (κ1) is 16.3. The van der Waals surface area contributed by atoms with Crippen LogP contribution in [0.2, 0.25) is 5.02 Å². The molecule has 0 aliphatic heterocycles. The summed E-state index contributed by atoms with van der Waals surface area (Å²) in [5, 5.41) is 22.3. The molecule has 0 saturated heterocycles. The number of amides is 1. The number of carbonyl (C=O) groups is 2. The molecule has 3 unspecified atom stereocenters. The minimum absolute atomic E-state index is 0.0706. The highest BCUT2D eigenvalue weighted by Gasteiger charge is 2.56. The number of rotatable bonds is 4. The lowest BCUT2D eigenvalue weighted by atomic mass is 9.77. The van der Waals surface area contributed by atoms with Gasteiger partial charge in [-0.1, -0.05) is 29.8 Å². The van der Waals surface area contributed by atoms with Gasteiger partial charge in [0.2, 0.25) is 0 Å². The molecule has 2 aromatic rings. The lowest BCUT2D eigenvalue weighted by Crippen LogP contribution is -2.34. The van der Waals surface area contributed by atoms with Crippen LogP contribution in [-0.2, 0) is 6.42 Å². The molecule has 4 rings (SSSR count). The van der Waals surface area contributed by atoms with Crippen LogP contribution in [-0.4, -0.2) is 35.4 Å². The number of aldehydes is 1. The number of carbonyl (C=O) groups excluding carboxylic acids is 2. The molecule has 1 fully saturated rings. The maximum Gasteiger partial charge on any atom is 0.489 e. The third-order valence-corrected chi connectivity index (χ3v) is 5.53. The maximum atomic E-state index is 12.5. The molecule has 0 radical (unpaired) electrons. The van der Waals surface area contributed by atoms with Crippen molar-refractivity contribution in [2.75, 3.05) is 0 Å². The number of fused-ring (bicyclic) bond motifs is 3. The van der Waals surface area contributed by atoms with Crippen LogP contribution in [0.4, 0.5) is 0 Å². The minimum atomic E-state index is -1.75. The molecule has 0 heterocycles. The smallest absolute Gasteiger partial charge is 0.423 e. The van der Waals surface area contributed by atoms with Gasteiger partial charge >= 0.3 is 7.12 Å². The molecular weight excluding hydrogens is 340 g/mol. The molecule has 2 aromatic carbocycles. The first-order valence-corrected chi connectivity index (χ1v) is 8.42. The van der Waals surface area contributed by atoms with Gasteiger partial charge in [-0.05, 0) is 47.1 Å². The van der Waals surface area contributed by atoms with Crippen LogP contribution in [0.3, 0.4) is 0 Å². The number of benzene rings is 2. The van der Waals surface area contributed by atoms with E-state index < -0.39 is 7.12 Å². The molecular formula is C18H15BClNO4. The van der Waals surface area contributed by atoms with E-state index in [0.717, 1.165) is 11.4 Å². The number of halogens is 1. The lowest BCUT2D eigenvalue weighted by molar-refractivity contribution is 0.0948. The fourth-order valence-corrected chi connectivity index (χ4v) is 4.13. The van der Waals surface area contributed by atoms with E-state index in [9.17, 15) is 19.6 Å². The van der Waals surface area contributed by atoms with Gasteiger partial charge in [0.05, 0.1) is 0 Å². The average molecular weight is 356 g/mol. The summed E-state index contributed by atoms with van der Waals surface area (Å²) in [4.78, 5) is 23.6. The topological polar surface area (TPSA) is 86.6 Å². The summed E-state index contributed by atoms with van der Waals surface area (Å²) in [5.74, 6) is 0.384. The zero-order valence-corrected chi connectivity index (χ0v) is 13.9. The largest absolute Gasteiger partial charge is 0.489 e. The standard InChI is InChI=1S/C18H15BClNO4/c20-15-3-1-2-11-12(15)7-13-16(11)17(13)21-18(23)9-4-5-14(19(24)25)10(6-9)8-22/h1-6,8,13,16-17,24-25H,7H2,(H,21,23). The van der Waals surface area contributed by atoms with Crippen LogP contribution < -0.4 is 10.8 Å². The predicted octanol–water partition coefficient (Wildman–Crippen LogP) is 0.900. The van der Waals surface area contributed by atoms with Crippen molar-refractivity contribution >= 4 is 36.4 Å². The van der Waals surface area contributed by atoms with E-state index in [2.05, 4.69) is 11.4 Å². The third kappa shape index (κ3) is 2.67. The first-order chi connectivity index (χ1) is 12.0. The maximum absolute atomic E-state index is 12.5. The summed E-state index contributed by atoms with van der Waals surface area (Å²) in [7, 11) is -1.75. The summed E-state index contributed by atoms with van der Waals surface area (Å²) < 4.78 is 0. The quantitative estimate of drug-likeness (QED) is 0.562. The van der Waals surface area contributed by atoms with Crippen LogP contribution >= 0.6 is 11.6 Å². The zero-order valence-electron chi connectivity index (χ0n) is 13.1. The third-order valence-electron chi connectivity index (χ3n) is 5.17. The molecule has 3 atom stereocenters. The minimum Gasteiger partial charge on any atom is -0.423 e. The lowest BCUT2D eigenvalue weighted by Gasteiger charge is -2.12. The molecule has 1 saturated carbocycles. The monoisotopic (exact) mass is 355 g/mol. The average Bonchev–Trinajstić information content (AvgIpc) is 3.10. The molecule has 1 amide bonds. The van der Waals surface area contributed by atoms with Gasteiger partial charge in [0.1, 0.15) is 6.29 Å². The fraction of sp³-hybridized carbons (Fsp3) is 0.222. The zero-order chi connectivity index (χ0) is 17.7. The highest BCUT2D eigenvalue weighted by molar-refractivity contribution is 6.60. The Bertz CT molecular complexity index is 885. The Hall–Kier alpha value is -2.15. The van der Waals surface area contributed by atoms with Crippen molar-refractivity contribution < 1.29 is 19.6 Å². The molecule has 5 nitrogen and oxygen atoms in total. The fourth-order valence-electron chi connectivity index (χ4n) is 3.88. The van der Waals surface area contributed by atoms with Crippen molar-refractivity contribution in [3.63, 3.8) is 0 Å². The Kier molecular flexibility index (Phi) is 3.91. The SMILES string of the molecule is O=Cc1cc(C(=O)NC2C3Cc4c(Cl)cccc4C32)ccc1B(O)O. The Morgan fingerprint density at radius 3 is 2.80 bits per heavy atom. The van der Waals surface area contributed by atoms with Crippen LogP contribution in [0.1, 0.15) is 37.8 Å². The van der Waals surface area contributed by atoms with Gasteiger partial charge in [0, 0.05) is 28.1 Å². The highest BCUT2D eigenvalue weighted by atomic mass is 35.5. The summed E-state index contributed by atoms with van der Waals surface area (Å²) in [6.45, 7) is 0. The number of hydrogen-bond donors (Lipinski definition) is 3. The molecule has 2 aliphatic carbocycles. The first-order valence-electron chi connectivity index (χ1n) is 8.04. The second-order valence-corrected chi connectivity index (χ2v) is 6.94. The van der Waals surface area contributed by atoms with Gasteiger partial charge in [0.15, 0.2) is 0 Å². The van der Waals surface area contributed by atoms with Gasteiger partial charge in [-0.3, -0.25) is 9.59 Å². The normalized spacial score (nSPS) is 22.8. The van der Waals surface area contributed by atoms with E-state index in [1.54, 1.807) is 0 Å². The van der Waals surface area contributed by atoms with Gasteiger partial charge in [-0.25, -0.2) is 0 Å². The molecule has 25 heavy (non-hydrogen) atoms. The van der Waals surface area contributed by atoms with Crippen LogP contribution in [0.25, 0.3) is 0 Å².